The number of fused-ring (bicyclic) bond motifs is 1. The Morgan fingerprint density at radius 2 is 2.08 bits per heavy atom. The van der Waals surface area contributed by atoms with Gasteiger partial charge in [-0.25, -0.2) is 4.39 Å². The Hall–Kier alpha value is -1.41. The molecule has 0 spiro atoms. The summed E-state index contributed by atoms with van der Waals surface area (Å²) in [7, 11) is 0. The zero-order valence-electron chi connectivity index (χ0n) is 12.6. The molecular formula is C17H10BrClFN3S2. The van der Waals surface area contributed by atoms with Crippen LogP contribution in [0.2, 0.25) is 5.02 Å². The average Bonchev–Trinajstić information content (AvgIpc) is 3.16. The largest absolute Gasteiger partial charge is 0.260 e. The number of nitrogens with zero attached hydrogens (tertiary/aromatic N) is 3. The minimum absolute atomic E-state index is 0.335. The van der Waals surface area contributed by atoms with Gasteiger partial charge in [-0.15, -0.1) is 21.5 Å². The smallest absolute Gasteiger partial charge is 0.217 e. The van der Waals surface area contributed by atoms with E-state index < -0.39 is 0 Å². The first kappa shape index (κ1) is 17.0. The van der Waals surface area contributed by atoms with Gasteiger partial charge in [0, 0.05) is 26.2 Å². The van der Waals surface area contributed by atoms with Crippen LogP contribution in [-0.2, 0) is 5.75 Å². The van der Waals surface area contributed by atoms with E-state index in [2.05, 4.69) is 43.6 Å². The molecule has 3 nitrogen and oxygen atoms in total. The van der Waals surface area contributed by atoms with E-state index in [4.69, 9.17) is 11.6 Å². The number of rotatable bonds is 4. The van der Waals surface area contributed by atoms with Gasteiger partial charge >= 0.3 is 0 Å². The summed E-state index contributed by atoms with van der Waals surface area (Å²) in [6.07, 6.45) is 0. The SMILES string of the molecule is Fc1ccc(CSc2nnc3scc(-c4cccc(Br)c4)n23)c(Cl)c1. The van der Waals surface area contributed by atoms with Crippen LogP contribution in [0.3, 0.4) is 0 Å². The second-order valence-electron chi connectivity index (χ2n) is 5.26. The Labute approximate surface area is 165 Å². The molecule has 0 atom stereocenters. The zero-order chi connectivity index (χ0) is 17.4. The third kappa shape index (κ3) is 3.46. The normalized spacial score (nSPS) is 11.3. The Balaban J connectivity index is 1.67. The first-order valence-electron chi connectivity index (χ1n) is 7.27. The van der Waals surface area contributed by atoms with Gasteiger partial charge in [0.2, 0.25) is 4.96 Å². The van der Waals surface area contributed by atoms with E-state index in [0.717, 1.165) is 31.4 Å². The van der Waals surface area contributed by atoms with Crippen molar-refractivity contribution in [3.63, 3.8) is 0 Å². The van der Waals surface area contributed by atoms with Crippen molar-refractivity contribution in [1.29, 1.82) is 0 Å². The standard InChI is InChI=1S/C17H10BrClFN3S2/c18-12-3-1-2-10(6-12)15-9-25-17-22-21-16(23(15)17)24-8-11-4-5-13(20)7-14(11)19/h1-7,9H,8H2. The third-order valence-electron chi connectivity index (χ3n) is 3.61. The molecule has 0 saturated carbocycles. The maximum absolute atomic E-state index is 13.2. The summed E-state index contributed by atoms with van der Waals surface area (Å²) < 4.78 is 16.2. The van der Waals surface area contributed by atoms with Crippen LogP contribution >= 0.6 is 50.6 Å². The molecule has 4 aromatic rings. The molecule has 2 aromatic heterocycles. The summed E-state index contributed by atoms with van der Waals surface area (Å²) in [5.74, 6) is 0.256. The molecule has 0 fully saturated rings. The van der Waals surface area contributed by atoms with E-state index in [1.165, 1.54) is 23.9 Å². The molecule has 0 unspecified atom stereocenters. The highest BCUT2D eigenvalue weighted by atomic mass is 79.9. The van der Waals surface area contributed by atoms with Crippen molar-refractivity contribution in [2.45, 2.75) is 10.9 Å². The molecule has 2 aromatic carbocycles. The van der Waals surface area contributed by atoms with Crippen LogP contribution in [0.25, 0.3) is 16.2 Å². The number of hydrogen-bond acceptors (Lipinski definition) is 4. The maximum atomic E-state index is 13.2. The molecule has 8 heteroatoms. The van der Waals surface area contributed by atoms with Gasteiger partial charge in [0.05, 0.1) is 5.69 Å². The van der Waals surface area contributed by atoms with Crippen molar-refractivity contribution in [3.8, 4) is 11.3 Å². The summed E-state index contributed by atoms with van der Waals surface area (Å²) in [6.45, 7) is 0. The topological polar surface area (TPSA) is 30.2 Å². The van der Waals surface area contributed by atoms with E-state index in [1.807, 2.05) is 16.5 Å². The van der Waals surface area contributed by atoms with Crippen molar-refractivity contribution >= 4 is 55.6 Å². The lowest BCUT2D eigenvalue weighted by Gasteiger charge is -2.05. The van der Waals surface area contributed by atoms with Gasteiger partial charge in [-0.2, -0.15) is 0 Å². The van der Waals surface area contributed by atoms with Gasteiger partial charge < -0.3 is 0 Å². The zero-order valence-corrected chi connectivity index (χ0v) is 16.6. The summed E-state index contributed by atoms with van der Waals surface area (Å²) in [5.41, 5.74) is 2.99. The van der Waals surface area contributed by atoms with E-state index in [9.17, 15) is 4.39 Å². The van der Waals surface area contributed by atoms with Crippen LogP contribution in [0, 0.1) is 5.82 Å². The first-order valence-corrected chi connectivity index (χ1v) is 10.3. The quantitative estimate of drug-likeness (QED) is 0.339. The third-order valence-corrected chi connectivity index (χ3v) is 6.25. The molecule has 0 bridgehead atoms. The number of thioether (sulfide) groups is 1. The van der Waals surface area contributed by atoms with Crippen LogP contribution in [0.4, 0.5) is 4.39 Å². The minimum atomic E-state index is -0.335. The molecular weight excluding hydrogens is 445 g/mol. The minimum Gasteiger partial charge on any atom is -0.260 e. The Morgan fingerprint density at radius 1 is 1.20 bits per heavy atom. The highest BCUT2D eigenvalue weighted by Gasteiger charge is 2.15. The lowest BCUT2D eigenvalue weighted by atomic mass is 10.2. The fourth-order valence-corrected chi connectivity index (χ4v) is 4.98. The molecule has 0 N–H and O–H groups in total. The lowest BCUT2D eigenvalue weighted by molar-refractivity contribution is 0.627. The number of thiazole rings is 1. The predicted molar refractivity (Wildman–Crippen MR) is 105 cm³/mol. The van der Waals surface area contributed by atoms with Crippen LogP contribution in [0.15, 0.2) is 57.5 Å². The summed E-state index contributed by atoms with van der Waals surface area (Å²) in [4.78, 5) is 0.836. The molecule has 0 aliphatic rings. The van der Waals surface area contributed by atoms with Gasteiger partial charge in [0.25, 0.3) is 0 Å². The highest BCUT2D eigenvalue weighted by molar-refractivity contribution is 9.10. The van der Waals surface area contributed by atoms with Gasteiger partial charge in [-0.3, -0.25) is 4.40 Å². The number of hydrogen-bond donors (Lipinski definition) is 0. The van der Waals surface area contributed by atoms with E-state index in [-0.39, 0.29) is 5.82 Å². The Bertz CT molecular complexity index is 1060. The van der Waals surface area contributed by atoms with Gasteiger partial charge in [0.15, 0.2) is 5.16 Å². The van der Waals surface area contributed by atoms with Crippen molar-refractivity contribution in [1.82, 2.24) is 14.6 Å². The molecule has 0 saturated heterocycles. The van der Waals surface area contributed by atoms with Crippen molar-refractivity contribution in [2.75, 3.05) is 0 Å². The molecule has 4 rings (SSSR count). The fourth-order valence-electron chi connectivity index (χ4n) is 2.42. The van der Waals surface area contributed by atoms with Gasteiger partial charge in [0.1, 0.15) is 5.82 Å². The Kier molecular flexibility index (Phi) is 4.82. The molecule has 25 heavy (non-hydrogen) atoms. The number of benzene rings is 2. The summed E-state index contributed by atoms with van der Waals surface area (Å²) in [6, 6.07) is 12.5. The maximum Gasteiger partial charge on any atom is 0.217 e. The monoisotopic (exact) mass is 453 g/mol. The molecule has 126 valence electrons. The summed E-state index contributed by atoms with van der Waals surface area (Å²) in [5, 5.41) is 11.8. The average molecular weight is 455 g/mol. The Morgan fingerprint density at radius 3 is 2.88 bits per heavy atom. The number of aromatic nitrogens is 3. The van der Waals surface area contributed by atoms with Crippen LogP contribution in [-0.4, -0.2) is 14.6 Å². The summed E-state index contributed by atoms with van der Waals surface area (Å²) >= 11 is 12.7. The predicted octanol–water partition coefficient (Wildman–Crippen LogP) is 6.31. The second kappa shape index (κ2) is 7.07. The second-order valence-corrected chi connectivity index (χ2v) is 8.36. The fraction of sp³-hybridized carbons (Fsp3) is 0.0588. The first-order chi connectivity index (χ1) is 12.1. The molecule has 0 radical (unpaired) electrons. The van der Waals surface area contributed by atoms with Crippen LogP contribution in [0.1, 0.15) is 5.56 Å². The number of halogens is 3. The van der Waals surface area contributed by atoms with Crippen molar-refractivity contribution < 1.29 is 4.39 Å². The van der Waals surface area contributed by atoms with Gasteiger partial charge in [-0.1, -0.05) is 57.5 Å². The van der Waals surface area contributed by atoms with E-state index in [1.54, 1.807) is 17.4 Å². The molecule has 2 heterocycles. The van der Waals surface area contributed by atoms with Crippen molar-refractivity contribution in [2.24, 2.45) is 0 Å². The molecule has 0 aliphatic heterocycles. The van der Waals surface area contributed by atoms with Crippen LogP contribution in [0.5, 0.6) is 0 Å². The van der Waals surface area contributed by atoms with Crippen LogP contribution < -0.4 is 0 Å². The van der Waals surface area contributed by atoms with E-state index >= 15 is 0 Å². The highest BCUT2D eigenvalue weighted by Crippen LogP contribution is 2.33. The van der Waals surface area contributed by atoms with Gasteiger partial charge in [-0.05, 0) is 29.8 Å². The molecule has 0 amide bonds. The molecule has 0 aliphatic carbocycles. The lowest BCUT2D eigenvalue weighted by Crippen LogP contribution is -1.91. The van der Waals surface area contributed by atoms with Crippen molar-refractivity contribution in [3.05, 3.63) is 68.7 Å². The van der Waals surface area contributed by atoms with E-state index in [0.29, 0.717) is 10.8 Å².